The van der Waals surface area contributed by atoms with E-state index in [0.29, 0.717) is 0 Å². The molecule has 2 atom stereocenters. The first-order valence-corrected chi connectivity index (χ1v) is 5.92. The number of carbonyl (C=O) groups is 1. The van der Waals surface area contributed by atoms with Gasteiger partial charge in [0.1, 0.15) is 6.29 Å². The maximum atomic E-state index is 10.0. The van der Waals surface area contributed by atoms with Crippen molar-refractivity contribution in [1.29, 1.82) is 0 Å². The molecular weight excluding hydrogens is 232 g/mol. The van der Waals surface area contributed by atoms with Crippen molar-refractivity contribution < 1.29 is 19.7 Å². The van der Waals surface area contributed by atoms with Gasteiger partial charge in [0.05, 0.1) is 12.2 Å². The summed E-state index contributed by atoms with van der Waals surface area (Å²) in [6.07, 6.45) is 2.50. The number of rotatable bonds is 1. The van der Waals surface area contributed by atoms with Gasteiger partial charge >= 0.3 is 0 Å². The summed E-state index contributed by atoms with van der Waals surface area (Å²) in [5.74, 6) is 0. The quantitative estimate of drug-likeness (QED) is 0.748. The van der Waals surface area contributed by atoms with Gasteiger partial charge in [0.2, 0.25) is 0 Å². The topological polar surface area (TPSA) is 66.8 Å². The number of aliphatic hydroxyl groups is 2. The van der Waals surface area contributed by atoms with Crippen LogP contribution in [0.25, 0.3) is 0 Å². The highest BCUT2D eigenvalue weighted by molar-refractivity contribution is 5.74. The Balaban J connectivity index is 0.000000267. The zero-order valence-corrected chi connectivity index (χ0v) is 11.0. The summed E-state index contributed by atoms with van der Waals surface area (Å²) in [7, 11) is 3.25. The average molecular weight is 254 g/mol. The normalized spacial score (nSPS) is 21.1. The Hall–Kier alpha value is -1.23. The van der Waals surface area contributed by atoms with Crippen LogP contribution in [0.15, 0.2) is 30.3 Å². The number of hydrogen-bond acceptors (Lipinski definition) is 4. The third-order valence-corrected chi connectivity index (χ3v) is 2.38. The number of aldehydes is 1. The predicted molar refractivity (Wildman–Crippen MR) is 70.6 cm³/mol. The van der Waals surface area contributed by atoms with Crippen LogP contribution in [0.1, 0.15) is 29.6 Å². The maximum Gasteiger partial charge on any atom is 0.150 e. The Morgan fingerprint density at radius 1 is 1.11 bits per heavy atom. The molecule has 1 aliphatic carbocycles. The van der Waals surface area contributed by atoms with Gasteiger partial charge in [-0.3, -0.25) is 4.79 Å². The molecule has 0 spiro atoms. The number of hydrogen-bond donors (Lipinski definition) is 2. The number of methoxy groups -OCH3 is 1. The van der Waals surface area contributed by atoms with Gasteiger partial charge in [-0.1, -0.05) is 30.3 Å². The van der Waals surface area contributed by atoms with Crippen LogP contribution < -0.4 is 0 Å². The van der Waals surface area contributed by atoms with Crippen LogP contribution in [0.3, 0.4) is 0 Å². The van der Waals surface area contributed by atoms with Gasteiger partial charge in [-0.2, -0.15) is 0 Å². The summed E-state index contributed by atoms with van der Waals surface area (Å²) in [5.41, 5.74) is 0.729. The van der Waals surface area contributed by atoms with Gasteiger partial charge in [0.15, 0.2) is 0 Å². The highest BCUT2D eigenvalue weighted by Gasteiger charge is 2.21. The Labute approximate surface area is 108 Å². The third-order valence-electron chi connectivity index (χ3n) is 2.38. The summed E-state index contributed by atoms with van der Waals surface area (Å²) >= 11 is 0. The summed E-state index contributed by atoms with van der Waals surface area (Å²) < 4.78 is 4.25. The molecule has 0 saturated heterocycles. The van der Waals surface area contributed by atoms with Crippen molar-refractivity contribution in [1.82, 2.24) is 0 Å². The minimum atomic E-state index is -0.431. The molecule has 2 unspecified atom stereocenters. The van der Waals surface area contributed by atoms with Crippen LogP contribution in [0.2, 0.25) is 0 Å². The Kier molecular flexibility index (Phi) is 10.2. The second-order valence-electron chi connectivity index (χ2n) is 4.00. The number of aliphatic hydroxyl groups excluding tert-OH is 2. The highest BCUT2D eigenvalue weighted by Crippen LogP contribution is 2.17. The molecule has 4 nitrogen and oxygen atoms in total. The molecule has 4 heteroatoms. The van der Waals surface area contributed by atoms with E-state index in [2.05, 4.69) is 4.74 Å². The van der Waals surface area contributed by atoms with Gasteiger partial charge in [0, 0.05) is 19.8 Å². The molecule has 0 amide bonds. The second-order valence-corrected chi connectivity index (χ2v) is 4.00. The van der Waals surface area contributed by atoms with E-state index in [1.54, 1.807) is 26.4 Å². The lowest BCUT2D eigenvalue weighted by molar-refractivity contribution is 0.0438. The zero-order valence-electron chi connectivity index (χ0n) is 11.0. The SMILES string of the molecule is COC.O=Cc1ccccc1.OC1CCCC1O. The smallest absolute Gasteiger partial charge is 0.150 e. The first kappa shape index (κ1) is 16.8. The fourth-order valence-electron chi connectivity index (χ4n) is 1.45. The monoisotopic (exact) mass is 254 g/mol. The zero-order chi connectivity index (χ0) is 13.8. The molecule has 102 valence electrons. The van der Waals surface area contributed by atoms with Crippen molar-refractivity contribution in [3.63, 3.8) is 0 Å². The lowest BCUT2D eigenvalue weighted by Crippen LogP contribution is -2.17. The molecule has 1 aliphatic rings. The fourth-order valence-corrected chi connectivity index (χ4v) is 1.45. The molecule has 1 aromatic rings. The van der Waals surface area contributed by atoms with Crippen molar-refractivity contribution in [2.75, 3.05) is 14.2 Å². The lowest BCUT2D eigenvalue weighted by Gasteiger charge is -2.03. The van der Waals surface area contributed by atoms with Crippen LogP contribution in [0.5, 0.6) is 0 Å². The van der Waals surface area contributed by atoms with Crippen molar-refractivity contribution in [3.05, 3.63) is 35.9 Å². The van der Waals surface area contributed by atoms with E-state index in [9.17, 15) is 4.79 Å². The molecule has 0 heterocycles. The largest absolute Gasteiger partial charge is 0.390 e. The molecule has 0 radical (unpaired) electrons. The maximum absolute atomic E-state index is 10.0. The van der Waals surface area contributed by atoms with Crippen molar-refractivity contribution in [2.45, 2.75) is 31.5 Å². The molecule has 0 bridgehead atoms. The molecule has 0 aromatic heterocycles. The van der Waals surface area contributed by atoms with Crippen molar-refractivity contribution in [2.24, 2.45) is 0 Å². The summed E-state index contributed by atoms with van der Waals surface area (Å²) in [6.45, 7) is 0. The fraction of sp³-hybridized carbons (Fsp3) is 0.500. The van der Waals surface area contributed by atoms with Crippen LogP contribution in [-0.4, -0.2) is 42.9 Å². The Bertz CT molecular complexity index is 292. The van der Waals surface area contributed by atoms with Gasteiger partial charge in [-0.15, -0.1) is 0 Å². The van der Waals surface area contributed by atoms with Gasteiger partial charge < -0.3 is 14.9 Å². The Morgan fingerprint density at radius 2 is 1.56 bits per heavy atom. The molecule has 0 aliphatic heterocycles. The number of benzene rings is 1. The number of carbonyl (C=O) groups excluding carboxylic acids is 1. The minimum absolute atomic E-state index is 0.431. The van der Waals surface area contributed by atoms with Gasteiger partial charge in [-0.25, -0.2) is 0 Å². The molecular formula is C14H22O4. The van der Waals surface area contributed by atoms with Crippen molar-refractivity contribution >= 4 is 6.29 Å². The van der Waals surface area contributed by atoms with E-state index in [0.717, 1.165) is 31.1 Å². The molecule has 1 aromatic carbocycles. The van der Waals surface area contributed by atoms with E-state index in [1.165, 1.54) is 0 Å². The van der Waals surface area contributed by atoms with E-state index >= 15 is 0 Å². The second kappa shape index (κ2) is 10.9. The van der Waals surface area contributed by atoms with E-state index < -0.39 is 12.2 Å². The number of ether oxygens (including phenoxy) is 1. The Morgan fingerprint density at radius 3 is 1.78 bits per heavy atom. The van der Waals surface area contributed by atoms with E-state index in [-0.39, 0.29) is 0 Å². The predicted octanol–water partition coefficient (Wildman–Crippen LogP) is 1.65. The third kappa shape index (κ3) is 7.95. The average Bonchev–Trinajstić information content (AvgIpc) is 2.76. The van der Waals surface area contributed by atoms with Crippen molar-refractivity contribution in [3.8, 4) is 0 Å². The summed E-state index contributed by atoms with van der Waals surface area (Å²) in [4.78, 5) is 10.0. The molecule has 1 fully saturated rings. The van der Waals surface area contributed by atoms with E-state index in [4.69, 9.17) is 10.2 Å². The molecule has 18 heavy (non-hydrogen) atoms. The molecule has 2 N–H and O–H groups in total. The van der Waals surface area contributed by atoms with Gasteiger partial charge in [0.25, 0.3) is 0 Å². The van der Waals surface area contributed by atoms with E-state index in [1.807, 2.05) is 18.2 Å². The lowest BCUT2D eigenvalue weighted by atomic mass is 10.2. The van der Waals surface area contributed by atoms with Crippen LogP contribution in [0, 0.1) is 0 Å². The summed E-state index contributed by atoms with van der Waals surface area (Å²) in [6, 6.07) is 9.10. The first-order valence-electron chi connectivity index (χ1n) is 5.92. The molecule has 1 saturated carbocycles. The van der Waals surface area contributed by atoms with Crippen LogP contribution in [0.4, 0.5) is 0 Å². The highest BCUT2D eigenvalue weighted by atomic mass is 16.4. The van der Waals surface area contributed by atoms with Crippen LogP contribution >= 0.6 is 0 Å². The minimum Gasteiger partial charge on any atom is -0.390 e. The van der Waals surface area contributed by atoms with Crippen LogP contribution in [-0.2, 0) is 4.74 Å². The van der Waals surface area contributed by atoms with Gasteiger partial charge in [-0.05, 0) is 19.3 Å². The standard InChI is InChI=1S/C7H6O.C5H10O2.C2H6O/c8-6-7-4-2-1-3-5-7;6-4-2-1-3-5(4)7;1-3-2/h1-6H;4-7H,1-3H2;1-2H3. The molecule has 2 rings (SSSR count). The first-order chi connectivity index (χ1) is 8.65. The summed E-state index contributed by atoms with van der Waals surface area (Å²) in [5, 5.41) is 17.5.